The molecule has 2 rings (SSSR count). The van der Waals surface area contributed by atoms with Crippen molar-refractivity contribution in [1.82, 2.24) is 5.06 Å². The Labute approximate surface area is 133 Å². The van der Waals surface area contributed by atoms with Gasteiger partial charge in [-0.25, -0.2) is 4.79 Å². The summed E-state index contributed by atoms with van der Waals surface area (Å²) in [6, 6.07) is 0. The van der Waals surface area contributed by atoms with Crippen LogP contribution >= 0.6 is 0 Å². The highest BCUT2D eigenvalue weighted by Gasteiger charge is 2.46. The molecule has 0 radical (unpaired) electrons. The summed E-state index contributed by atoms with van der Waals surface area (Å²) >= 11 is 0. The first kappa shape index (κ1) is 17.0. The average Bonchev–Trinajstić information content (AvgIpc) is 2.60. The first-order valence-electron chi connectivity index (χ1n) is 7.86. The van der Waals surface area contributed by atoms with Gasteiger partial charge in [0.25, 0.3) is 0 Å². The minimum Gasteiger partial charge on any atom is -0.459 e. The van der Waals surface area contributed by atoms with Crippen LogP contribution in [0.15, 0.2) is 35.5 Å². The van der Waals surface area contributed by atoms with Crippen molar-refractivity contribution in [2.24, 2.45) is 0 Å². The number of esters is 1. The van der Waals surface area contributed by atoms with Crippen LogP contribution in [0.3, 0.4) is 0 Å². The van der Waals surface area contributed by atoms with Gasteiger partial charge in [0.1, 0.15) is 6.10 Å². The molecule has 1 saturated heterocycles. The summed E-state index contributed by atoms with van der Waals surface area (Å²) in [5.41, 5.74) is 0.968. The van der Waals surface area contributed by atoms with Crippen molar-refractivity contribution >= 4 is 5.97 Å². The summed E-state index contributed by atoms with van der Waals surface area (Å²) in [7, 11) is 0. The maximum Gasteiger partial charge on any atom is 0.334 e. The molecule has 4 nitrogen and oxygen atoms in total. The quantitative estimate of drug-likeness (QED) is 0.789. The summed E-state index contributed by atoms with van der Waals surface area (Å²) in [4.78, 5) is 12.4. The molecule has 0 bridgehead atoms. The van der Waals surface area contributed by atoms with E-state index in [1.807, 2.05) is 58.9 Å². The molecule has 22 heavy (non-hydrogen) atoms. The predicted octanol–water partition coefficient (Wildman–Crippen LogP) is 3.77. The van der Waals surface area contributed by atoms with E-state index in [2.05, 4.69) is 0 Å². The molecule has 1 heterocycles. The van der Waals surface area contributed by atoms with Crippen LogP contribution in [0.5, 0.6) is 0 Å². The molecule has 0 saturated carbocycles. The van der Waals surface area contributed by atoms with Crippen molar-refractivity contribution in [2.45, 2.75) is 71.1 Å². The lowest BCUT2D eigenvalue weighted by Gasteiger charge is -2.50. The van der Waals surface area contributed by atoms with E-state index in [0.717, 1.165) is 5.57 Å². The van der Waals surface area contributed by atoms with E-state index in [1.165, 1.54) is 5.06 Å². The van der Waals surface area contributed by atoms with Gasteiger partial charge in [-0.1, -0.05) is 29.9 Å². The van der Waals surface area contributed by atoms with Crippen LogP contribution in [0, 0.1) is 0 Å². The Kier molecular flexibility index (Phi) is 4.64. The second-order valence-corrected chi connectivity index (χ2v) is 7.58. The second kappa shape index (κ2) is 6.01. The standard InChI is InChI=1S/C18H27NO3/c1-13-7-6-8-14(10-9-13)16(20)22-15-11-17(2,3)19(21)18(4,5)12-15/h6-7,9-10,15,21H,8,11-12H2,1-5H3. The smallest absolute Gasteiger partial charge is 0.334 e. The third kappa shape index (κ3) is 3.68. The molecule has 1 N–H and O–H groups in total. The van der Waals surface area contributed by atoms with Gasteiger partial charge < -0.3 is 9.94 Å². The Morgan fingerprint density at radius 1 is 1.23 bits per heavy atom. The second-order valence-electron chi connectivity index (χ2n) is 7.58. The maximum absolute atomic E-state index is 12.4. The minimum absolute atomic E-state index is 0.181. The zero-order valence-electron chi connectivity index (χ0n) is 14.2. The molecule has 1 aliphatic carbocycles. The third-order valence-corrected chi connectivity index (χ3v) is 4.40. The highest BCUT2D eigenvalue weighted by atomic mass is 16.5. The molecule has 0 aromatic carbocycles. The van der Waals surface area contributed by atoms with Gasteiger partial charge >= 0.3 is 5.97 Å². The van der Waals surface area contributed by atoms with Crippen LogP contribution in [0.1, 0.15) is 53.9 Å². The molecule has 0 amide bonds. The number of carbonyl (C=O) groups excluding carboxylic acids is 1. The van der Waals surface area contributed by atoms with E-state index >= 15 is 0 Å². The molecular formula is C18H27NO3. The number of hydrogen-bond acceptors (Lipinski definition) is 4. The molecule has 1 aliphatic heterocycles. The minimum atomic E-state index is -0.416. The fourth-order valence-corrected chi connectivity index (χ4v) is 3.37. The van der Waals surface area contributed by atoms with Gasteiger partial charge in [0, 0.05) is 29.5 Å². The van der Waals surface area contributed by atoms with Gasteiger partial charge in [-0.2, -0.15) is 5.06 Å². The highest BCUT2D eigenvalue weighted by molar-refractivity contribution is 5.89. The molecule has 2 aliphatic rings. The van der Waals surface area contributed by atoms with Crippen LogP contribution in [-0.2, 0) is 9.53 Å². The number of rotatable bonds is 2. The molecule has 0 aromatic heterocycles. The molecule has 0 spiro atoms. The van der Waals surface area contributed by atoms with E-state index in [1.54, 1.807) is 0 Å². The van der Waals surface area contributed by atoms with E-state index in [0.29, 0.717) is 24.8 Å². The third-order valence-electron chi connectivity index (χ3n) is 4.40. The molecule has 0 aromatic rings. The Morgan fingerprint density at radius 2 is 1.82 bits per heavy atom. The molecule has 122 valence electrons. The Morgan fingerprint density at radius 3 is 2.41 bits per heavy atom. The van der Waals surface area contributed by atoms with Crippen LogP contribution in [0.25, 0.3) is 0 Å². The van der Waals surface area contributed by atoms with Gasteiger partial charge in [-0.3, -0.25) is 0 Å². The fraction of sp³-hybridized carbons (Fsp3) is 0.611. The van der Waals surface area contributed by atoms with E-state index < -0.39 is 11.1 Å². The van der Waals surface area contributed by atoms with Gasteiger partial charge in [0.2, 0.25) is 0 Å². The summed E-state index contributed by atoms with van der Waals surface area (Å²) in [5, 5.41) is 11.7. The number of nitrogens with zero attached hydrogens (tertiary/aromatic N) is 1. The van der Waals surface area contributed by atoms with Gasteiger partial charge in [-0.15, -0.1) is 0 Å². The monoisotopic (exact) mass is 305 g/mol. The number of allylic oxidation sites excluding steroid dienone is 5. The summed E-state index contributed by atoms with van der Waals surface area (Å²) in [5.74, 6) is -0.251. The van der Waals surface area contributed by atoms with Crippen LogP contribution in [-0.4, -0.2) is 33.4 Å². The number of hydroxylamine groups is 2. The van der Waals surface area contributed by atoms with E-state index in [-0.39, 0.29) is 12.1 Å². The van der Waals surface area contributed by atoms with Crippen molar-refractivity contribution in [2.75, 3.05) is 0 Å². The van der Waals surface area contributed by atoms with E-state index in [9.17, 15) is 10.0 Å². The summed E-state index contributed by atoms with van der Waals surface area (Å²) in [6.07, 6.45) is 9.42. The first-order valence-corrected chi connectivity index (χ1v) is 7.86. The van der Waals surface area contributed by atoms with Crippen molar-refractivity contribution in [3.05, 3.63) is 35.5 Å². The van der Waals surface area contributed by atoms with Gasteiger partial charge in [0.05, 0.1) is 0 Å². The average molecular weight is 305 g/mol. The van der Waals surface area contributed by atoms with E-state index in [4.69, 9.17) is 4.74 Å². The summed E-state index contributed by atoms with van der Waals surface area (Å²) in [6.45, 7) is 9.87. The highest BCUT2D eigenvalue weighted by Crippen LogP contribution is 2.38. The molecule has 0 unspecified atom stereocenters. The topological polar surface area (TPSA) is 49.8 Å². The molecular weight excluding hydrogens is 278 g/mol. The van der Waals surface area contributed by atoms with Gasteiger partial charge in [0.15, 0.2) is 0 Å². The maximum atomic E-state index is 12.4. The Hall–Kier alpha value is -1.39. The Bertz CT molecular complexity index is 523. The molecule has 1 fully saturated rings. The molecule has 4 heteroatoms. The lowest BCUT2D eigenvalue weighted by atomic mass is 9.80. The summed E-state index contributed by atoms with van der Waals surface area (Å²) < 4.78 is 5.73. The number of hydrogen-bond donors (Lipinski definition) is 1. The zero-order valence-corrected chi connectivity index (χ0v) is 14.2. The van der Waals surface area contributed by atoms with Crippen molar-refractivity contribution in [1.29, 1.82) is 0 Å². The number of piperidine rings is 1. The fourth-order valence-electron chi connectivity index (χ4n) is 3.37. The van der Waals surface area contributed by atoms with Crippen molar-refractivity contribution in [3.8, 4) is 0 Å². The van der Waals surface area contributed by atoms with Crippen LogP contribution in [0.2, 0.25) is 0 Å². The van der Waals surface area contributed by atoms with Crippen LogP contribution in [0.4, 0.5) is 0 Å². The lowest BCUT2D eigenvalue weighted by molar-refractivity contribution is -0.259. The Balaban J connectivity index is 2.08. The number of ether oxygens (including phenoxy) is 1. The zero-order chi connectivity index (χ0) is 16.5. The largest absolute Gasteiger partial charge is 0.459 e. The SMILES string of the molecule is CC1=CC=C(C(=O)OC2CC(C)(C)N(O)C(C)(C)C2)CC=C1. The first-order chi connectivity index (χ1) is 10.1. The molecule has 0 atom stereocenters. The lowest BCUT2D eigenvalue weighted by Crippen LogP contribution is -2.60. The van der Waals surface area contributed by atoms with Gasteiger partial charge in [-0.05, 0) is 41.0 Å². The van der Waals surface area contributed by atoms with Crippen molar-refractivity contribution in [3.63, 3.8) is 0 Å². The predicted molar refractivity (Wildman–Crippen MR) is 86.5 cm³/mol. The normalized spacial score (nSPS) is 25.2. The van der Waals surface area contributed by atoms with Crippen molar-refractivity contribution < 1.29 is 14.7 Å². The van der Waals surface area contributed by atoms with Crippen LogP contribution < -0.4 is 0 Å². The number of carbonyl (C=O) groups is 1.